The van der Waals surface area contributed by atoms with Crippen LogP contribution < -0.4 is 0 Å². The predicted octanol–water partition coefficient (Wildman–Crippen LogP) is 4.21. The molecule has 3 aromatic rings. The van der Waals surface area contributed by atoms with Gasteiger partial charge in [0.2, 0.25) is 0 Å². The Morgan fingerprint density at radius 1 is 1.19 bits per heavy atom. The van der Waals surface area contributed by atoms with E-state index in [1.54, 1.807) is 0 Å². The molecule has 21 heavy (non-hydrogen) atoms. The van der Waals surface area contributed by atoms with Crippen molar-refractivity contribution >= 4 is 10.9 Å². The van der Waals surface area contributed by atoms with Crippen LogP contribution in [0.15, 0.2) is 36.5 Å². The van der Waals surface area contributed by atoms with E-state index < -0.39 is 0 Å². The summed E-state index contributed by atoms with van der Waals surface area (Å²) in [6.45, 7) is 4.17. The predicted molar refractivity (Wildman–Crippen MR) is 86.5 cm³/mol. The molecule has 2 aromatic carbocycles. The van der Waals surface area contributed by atoms with Gasteiger partial charge in [0.05, 0.1) is 11.7 Å². The zero-order valence-corrected chi connectivity index (χ0v) is 12.7. The minimum absolute atomic E-state index is 0.403. The fourth-order valence-electron chi connectivity index (χ4n) is 2.85. The van der Waals surface area contributed by atoms with Gasteiger partial charge in [0, 0.05) is 12.4 Å². The van der Waals surface area contributed by atoms with Crippen LogP contribution >= 0.6 is 0 Å². The van der Waals surface area contributed by atoms with Crippen molar-refractivity contribution in [1.29, 1.82) is 0 Å². The average Bonchev–Trinajstić information content (AvgIpc) is 2.83. The molecule has 0 amide bonds. The first kappa shape index (κ1) is 13.7. The highest BCUT2D eigenvalue weighted by Crippen LogP contribution is 2.32. The van der Waals surface area contributed by atoms with E-state index in [9.17, 15) is 5.11 Å². The van der Waals surface area contributed by atoms with E-state index in [1.807, 2.05) is 30.9 Å². The van der Waals surface area contributed by atoms with Crippen LogP contribution in [-0.2, 0) is 13.5 Å². The molecule has 0 unspecified atom stereocenters. The molecule has 1 N–H and O–H groups in total. The Kier molecular flexibility index (Phi) is 3.42. The Bertz CT molecular complexity index is 802. The Labute approximate surface area is 124 Å². The second-order valence-corrected chi connectivity index (χ2v) is 5.59. The lowest BCUT2D eigenvalue weighted by molar-refractivity contribution is 0.467. The van der Waals surface area contributed by atoms with Gasteiger partial charge < -0.3 is 5.11 Å². The molecule has 0 saturated heterocycles. The van der Waals surface area contributed by atoms with Crippen molar-refractivity contribution in [2.75, 3.05) is 0 Å². The zero-order valence-electron chi connectivity index (χ0n) is 12.7. The van der Waals surface area contributed by atoms with E-state index in [1.165, 1.54) is 11.1 Å². The molecule has 0 spiro atoms. The van der Waals surface area contributed by atoms with E-state index in [2.05, 4.69) is 36.3 Å². The number of nitrogens with zero attached hydrogens (tertiary/aromatic N) is 2. The molecular weight excluding hydrogens is 260 g/mol. The number of hydrogen-bond acceptors (Lipinski definition) is 2. The number of aromatic hydroxyl groups is 1. The molecule has 1 aromatic heterocycles. The van der Waals surface area contributed by atoms with Crippen molar-refractivity contribution in [3.63, 3.8) is 0 Å². The second-order valence-electron chi connectivity index (χ2n) is 5.59. The number of phenols is 1. The molecule has 0 saturated carbocycles. The van der Waals surface area contributed by atoms with E-state index in [0.717, 1.165) is 34.9 Å². The molecular formula is C18H20N2O. The summed E-state index contributed by atoms with van der Waals surface area (Å²) in [7, 11) is 1.95. The van der Waals surface area contributed by atoms with Crippen LogP contribution in [-0.4, -0.2) is 14.9 Å². The van der Waals surface area contributed by atoms with Crippen LogP contribution in [0.5, 0.6) is 5.75 Å². The summed E-state index contributed by atoms with van der Waals surface area (Å²) < 4.78 is 1.88. The van der Waals surface area contributed by atoms with Gasteiger partial charge in [-0.1, -0.05) is 19.4 Å². The van der Waals surface area contributed by atoms with Gasteiger partial charge in [0.25, 0.3) is 0 Å². The number of fused-ring (bicyclic) bond motifs is 1. The van der Waals surface area contributed by atoms with Crippen molar-refractivity contribution in [2.24, 2.45) is 7.05 Å². The third kappa shape index (κ3) is 2.40. The molecule has 108 valence electrons. The molecule has 0 aliphatic rings. The average molecular weight is 280 g/mol. The highest BCUT2D eigenvalue weighted by molar-refractivity contribution is 5.85. The molecule has 1 heterocycles. The summed E-state index contributed by atoms with van der Waals surface area (Å²) in [5.74, 6) is 0.403. The maximum atomic E-state index is 10.1. The summed E-state index contributed by atoms with van der Waals surface area (Å²) in [4.78, 5) is 0. The molecule has 0 bridgehead atoms. The van der Waals surface area contributed by atoms with Gasteiger partial charge in [-0.3, -0.25) is 4.68 Å². The lowest BCUT2D eigenvalue weighted by Crippen LogP contribution is -1.91. The van der Waals surface area contributed by atoms with Crippen molar-refractivity contribution in [1.82, 2.24) is 9.78 Å². The second kappa shape index (κ2) is 5.24. The fraction of sp³-hybridized carbons (Fsp3) is 0.278. The summed E-state index contributed by atoms with van der Waals surface area (Å²) in [5, 5.41) is 15.5. The van der Waals surface area contributed by atoms with E-state index in [4.69, 9.17) is 0 Å². The molecule has 0 fully saturated rings. The Morgan fingerprint density at radius 3 is 2.76 bits per heavy atom. The highest BCUT2D eigenvalue weighted by Gasteiger charge is 2.09. The largest absolute Gasteiger partial charge is 0.508 e. The first-order chi connectivity index (χ1) is 10.1. The van der Waals surface area contributed by atoms with Crippen LogP contribution in [0.1, 0.15) is 24.5 Å². The SMILES string of the molecule is CCCc1cc(-c2ccc3c(cnn3C)c2)c(C)cc1O. The smallest absolute Gasteiger partial charge is 0.119 e. The number of rotatable bonds is 3. The zero-order chi connectivity index (χ0) is 15.0. The lowest BCUT2D eigenvalue weighted by atomic mass is 9.95. The van der Waals surface area contributed by atoms with Crippen LogP contribution in [0.4, 0.5) is 0 Å². The molecule has 0 atom stereocenters. The van der Waals surface area contributed by atoms with Gasteiger partial charge in [0.15, 0.2) is 0 Å². The van der Waals surface area contributed by atoms with Gasteiger partial charge >= 0.3 is 0 Å². The van der Waals surface area contributed by atoms with Gasteiger partial charge in [-0.15, -0.1) is 0 Å². The Morgan fingerprint density at radius 2 is 2.00 bits per heavy atom. The maximum absolute atomic E-state index is 10.1. The standard InChI is InChI=1S/C18H20N2O/c1-4-5-14-10-16(12(2)8-18(14)21)13-6-7-17-15(9-13)11-19-20(17)3/h6-11,21H,4-5H2,1-3H3. The minimum Gasteiger partial charge on any atom is -0.508 e. The Balaban J connectivity index is 2.14. The van der Waals surface area contributed by atoms with Crippen LogP contribution in [0.2, 0.25) is 0 Å². The Hall–Kier alpha value is -2.29. The van der Waals surface area contributed by atoms with E-state index >= 15 is 0 Å². The number of phenolic OH excluding ortho intramolecular Hbond substituents is 1. The summed E-state index contributed by atoms with van der Waals surface area (Å²) in [6.07, 6.45) is 3.81. The first-order valence-corrected chi connectivity index (χ1v) is 7.34. The van der Waals surface area contributed by atoms with Crippen LogP contribution in [0, 0.1) is 6.92 Å². The summed E-state index contributed by atoms with van der Waals surface area (Å²) >= 11 is 0. The first-order valence-electron chi connectivity index (χ1n) is 7.34. The van der Waals surface area contributed by atoms with Crippen molar-refractivity contribution < 1.29 is 5.11 Å². The monoisotopic (exact) mass is 280 g/mol. The van der Waals surface area contributed by atoms with Crippen LogP contribution in [0.3, 0.4) is 0 Å². The van der Waals surface area contributed by atoms with Gasteiger partial charge in [-0.2, -0.15) is 5.10 Å². The van der Waals surface area contributed by atoms with Gasteiger partial charge in [-0.25, -0.2) is 0 Å². The lowest BCUT2D eigenvalue weighted by Gasteiger charge is -2.11. The molecule has 0 aliphatic heterocycles. The number of aromatic nitrogens is 2. The third-order valence-corrected chi connectivity index (χ3v) is 4.00. The number of aryl methyl sites for hydroxylation is 3. The summed E-state index contributed by atoms with van der Waals surface area (Å²) in [5.41, 5.74) is 5.59. The maximum Gasteiger partial charge on any atom is 0.119 e. The topological polar surface area (TPSA) is 38.0 Å². The van der Waals surface area contributed by atoms with Gasteiger partial charge in [-0.05, 0) is 59.9 Å². The van der Waals surface area contributed by atoms with E-state index in [0.29, 0.717) is 5.75 Å². The molecule has 0 radical (unpaired) electrons. The van der Waals surface area contributed by atoms with Crippen molar-refractivity contribution in [3.8, 4) is 16.9 Å². The molecule has 3 heteroatoms. The molecule has 3 rings (SSSR count). The minimum atomic E-state index is 0.403. The van der Waals surface area contributed by atoms with Crippen LogP contribution in [0.25, 0.3) is 22.0 Å². The quantitative estimate of drug-likeness (QED) is 0.780. The van der Waals surface area contributed by atoms with Gasteiger partial charge in [0.1, 0.15) is 5.75 Å². The fourth-order valence-corrected chi connectivity index (χ4v) is 2.85. The van der Waals surface area contributed by atoms with Crippen molar-refractivity contribution in [2.45, 2.75) is 26.7 Å². The molecule has 0 aliphatic carbocycles. The van der Waals surface area contributed by atoms with E-state index in [-0.39, 0.29) is 0 Å². The summed E-state index contributed by atoms with van der Waals surface area (Å²) in [6, 6.07) is 10.4. The van der Waals surface area contributed by atoms with Crippen molar-refractivity contribution in [3.05, 3.63) is 47.7 Å². The number of hydrogen-bond donors (Lipinski definition) is 1. The normalized spacial score (nSPS) is 11.2. The highest BCUT2D eigenvalue weighted by atomic mass is 16.3. The number of benzene rings is 2. The third-order valence-electron chi connectivity index (χ3n) is 4.00. The molecule has 3 nitrogen and oxygen atoms in total.